The number of nitrogens with one attached hydrogen (secondary N) is 1. The van der Waals surface area contributed by atoms with Gasteiger partial charge in [0, 0.05) is 11.7 Å². The molecule has 1 aromatic rings. The van der Waals surface area contributed by atoms with E-state index in [9.17, 15) is 8.42 Å². The van der Waals surface area contributed by atoms with Gasteiger partial charge in [0.15, 0.2) is 0 Å². The van der Waals surface area contributed by atoms with Crippen molar-refractivity contribution in [3.05, 3.63) is 23.3 Å². The lowest BCUT2D eigenvalue weighted by molar-refractivity contribution is 0.456. The van der Waals surface area contributed by atoms with Crippen LogP contribution in [0, 0.1) is 37.5 Å². The van der Waals surface area contributed by atoms with Gasteiger partial charge in [-0.2, -0.15) is 0 Å². The van der Waals surface area contributed by atoms with Crippen LogP contribution in [0.15, 0.2) is 17.0 Å². The Bertz CT molecular complexity index is 697. The van der Waals surface area contributed by atoms with Gasteiger partial charge in [0.05, 0.1) is 4.90 Å². The maximum atomic E-state index is 12.7. The summed E-state index contributed by atoms with van der Waals surface area (Å²) in [5.74, 6) is 2.72. The first-order chi connectivity index (χ1) is 9.88. The van der Waals surface area contributed by atoms with E-state index < -0.39 is 10.0 Å². The molecule has 4 unspecified atom stereocenters. The number of benzene rings is 1. The van der Waals surface area contributed by atoms with Crippen LogP contribution >= 0.6 is 0 Å². The second-order valence-electron chi connectivity index (χ2n) is 7.10. The van der Waals surface area contributed by atoms with Crippen LogP contribution in [0.4, 0.5) is 5.69 Å². The van der Waals surface area contributed by atoms with E-state index in [1.165, 1.54) is 19.3 Å². The first-order valence-electron chi connectivity index (χ1n) is 7.77. The minimum atomic E-state index is -3.46. The van der Waals surface area contributed by atoms with E-state index in [2.05, 4.69) is 4.72 Å². The number of sulfonamides is 1. The summed E-state index contributed by atoms with van der Waals surface area (Å²) >= 11 is 0. The van der Waals surface area contributed by atoms with Crippen molar-refractivity contribution in [3.8, 4) is 0 Å². The molecule has 3 aliphatic carbocycles. The summed E-state index contributed by atoms with van der Waals surface area (Å²) in [5, 5.41) is 0. The third-order valence-corrected chi connectivity index (χ3v) is 7.54. The zero-order chi connectivity index (χ0) is 14.9. The van der Waals surface area contributed by atoms with Crippen LogP contribution in [0.25, 0.3) is 0 Å². The first-order valence-corrected chi connectivity index (χ1v) is 9.26. The van der Waals surface area contributed by atoms with Gasteiger partial charge in [-0.1, -0.05) is 0 Å². The van der Waals surface area contributed by atoms with Crippen molar-refractivity contribution >= 4 is 15.7 Å². The maximum absolute atomic E-state index is 12.7. The van der Waals surface area contributed by atoms with Crippen LogP contribution in [0.5, 0.6) is 0 Å². The number of nitrogens with two attached hydrogens (primary N) is 1. The molecule has 3 N–H and O–H groups in total. The molecule has 1 aromatic carbocycles. The van der Waals surface area contributed by atoms with Crippen molar-refractivity contribution < 1.29 is 8.42 Å². The number of anilines is 1. The fraction of sp³-hybridized carbons (Fsp3) is 0.625. The summed E-state index contributed by atoms with van der Waals surface area (Å²) < 4.78 is 28.4. The lowest BCUT2D eigenvalue weighted by Gasteiger charge is -2.14. The molecule has 0 saturated heterocycles. The Hall–Kier alpha value is -1.07. The third-order valence-electron chi connectivity index (χ3n) is 5.96. The van der Waals surface area contributed by atoms with E-state index in [1.54, 1.807) is 6.07 Å². The number of fused-ring (bicyclic) bond motifs is 5. The van der Waals surface area contributed by atoms with Crippen LogP contribution < -0.4 is 10.5 Å². The van der Waals surface area contributed by atoms with Crippen molar-refractivity contribution in [3.63, 3.8) is 0 Å². The van der Waals surface area contributed by atoms with E-state index in [4.69, 9.17) is 5.73 Å². The number of hydrogen-bond donors (Lipinski definition) is 2. The lowest BCUT2D eigenvalue weighted by Crippen LogP contribution is -2.30. The molecular formula is C16H22N2O2S. The molecule has 0 amide bonds. The van der Waals surface area contributed by atoms with E-state index in [0.29, 0.717) is 22.4 Å². The van der Waals surface area contributed by atoms with E-state index in [1.807, 2.05) is 19.9 Å². The summed E-state index contributed by atoms with van der Waals surface area (Å²) in [6.07, 6.45) is 3.91. The zero-order valence-electron chi connectivity index (χ0n) is 12.5. The molecule has 5 heteroatoms. The normalized spacial score (nSPS) is 36.8. The summed E-state index contributed by atoms with van der Waals surface area (Å²) in [4.78, 5) is 0.345. The highest BCUT2D eigenvalue weighted by atomic mass is 32.2. The van der Waals surface area contributed by atoms with Crippen molar-refractivity contribution in [1.82, 2.24) is 4.72 Å². The molecule has 3 aliphatic rings. The van der Waals surface area contributed by atoms with Crippen LogP contribution in [-0.2, 0) is 10.0 Å². The number of hydrogen-bond acceptors (Lipinski definition) is 3. The molecule has 4 atom stereocenters. The Morgan fingerprint density at radius 1 is 1.14 bits per heavy atom. The molecular weight excluding hydrogens is 284 g/mol. The predicted molar refractivity (Wildman–Crippen MR) is 82.2 cm³/mol. The van der Waals surface area contributed by atoms with Gasteiger partial charge in [-0.25, -0.2) is 13.1 Å². The average molecular weight is 306 g/mol. The SMILES string of the molecule is Cc1cc(N)cc(S(=O)(=O)NC2C3C4CCC(C4)C23)c1C. The largest absolute Gasteiger partial charge is 0.399 e. The van der Waals surface area contributed by atoms with Gasteiger partial charge >= 0.3 is 0 Å². The van der Waals surface area contributed by atoms with Gasteiger partial charge in [0.25, 0.3) is 0 Å². The Kier molecular flexibility index (Phi) is 2.74. The molecule has 0 radical (unpaired) electrons. The molecule has 0 aliphatic heterocycles. The van der Waals surface area contributed by atoms with Crippen molar-refractivity contribution in [2.75, 3.05) is 5.73 Å². The molecule has 4 rings (SSSR count). The minimum Gasteiger partial charge on any atom is -0.399 e. The van der Waals surface area contributed by atoms with Crippen LogP contribution in [0.3, 0.4) is 0 Å². The summed E-state index contributed by atoms with van der Waals surface area (Å²) in [5.41, 5.74) is 8.05. The highest BCUT2D eigenvalue weighted by Crippen LogP contribution is 2.65. The van der Waals surface area contributed by atoms with Gasteiger partial charge < -0.3 is 5.73 Å². The standard InChI is InChI=1S/C16H22N2O2S/c1-8-5-12(17)7-13(9(8)2)21(19,20)18-16-14-10-3-4-11(6-10)15(14)16/h5,7,10-11,14-16,18H,3-4,6,17H2,1-2H3. The fourth-order valence-corrected chi connectivity index (χ4v) is 6.51. The molecule has 2 bridgehead atoms. The van der Waals surface area contributed by atoms with Crippen molar-refractivity contribution in [1.29, 1.82) is 0 Å². The zero-order valence-corrected chi connectivity index (χ0v) is 13.3. The molecule has 3 fully saturated rings. The van der Waals surface area contributed by atoms with Gasteiger partial charge in [0.1, 0.15) is 0 Å². The van der Waals surface area contributed by atoms with Gasteiger partial charge in [-0.15, -0.1) is 0 Å². The van der Waals surface area contributed by atoms with Gasteiger partial charge in [-0.05, 0) is 80.0 Å². The van der Waals surface area contributed by atoms with Crippen LogP contribution in [0.1, 0.15) is 30.4 Å². The molecule has 114 valence electrons. The molecule has 3 saturated carbocycles. The van der Waals surface area contributed by atoms with E-state index in [-0.39, 0.29) is 6.04 Å². The molecule has 0 aromatic heterocycles. The topological polar surface area (TPSA) is 72.2 Å². The lowest BCUT2D eigenvalue weighted by atomic mass is 10.0. The van der Waals surface area contributed by atoms with Crippen LogP contribution in [-0.4, -0.2) is 14.5 Å². The smallest absolute Gasteiger partial charge is 0.241 e. The van der Waals surface area contributed by atoms with E-state index in [0.717, 1.165) is 23.0 Å². The highest BCUT2D eigenvalue weighted by molar-refractivity contribution is 7.89. The summed E-state index contributed by atoms with van der Waals surface area (Å²) in [6, 6.07) is 3.57. The molecule has 0 heterocycles. The Morgan fingerprint density at radius 3 is 2.38 bits per heavy atom. The number of rotatable bonds is 3. The van der Waals surface area contributed by atoms with E-state index >= 15 is 0 Å². The summed E-state index contributed by atoms with van der Waals surface area (Å²) in [7, 11) is -3.46. The van der Waals surface area contributed by atoms with Gasteiger partial charge in [-0.3, -0.25) is 0 Å². The van der Waals surface area contributed by atoms with Crippen molar-refractivity contribution in [2.45, 2.75) is 44.0 Å². The van der Waals surface area contributed by atoms with Crippen LogP contribution in [0.2, 0.25) is 0 Å². The highest BCUT2D eigenvalue weighted by Gasteiger charge is 2.65. The molecule has 21 heavy (non-hydrogen) atoms. The molecule has 4 nitrogen and oxygen atoms in total. The third kappa shape index (κ3) is 1.94. The quantitative estimate of drug-likeness (QED) is 0.841. The minimum absolute atomic E-state index is 0.169. The Balaban J connectivity index is 1.61. The monoisotopic (exact) mass is 306 g/mol. The predicted octanol–water partition coefficient (Wildman–Crippen LogP) is 2.21. The average Bonchev–Trinajstić information content (AvgIpc) is 2.82. The molecule has 0 spiro atoms. The Morgan fingerprint density at radius 2 is 1.76 bits per heavy atom. The second-order valence-corrected chi connectivity index (χ2v) is 8.78. The second kappa shape index (κ2) is 4.23. The number of aryl methyl sites for hydroxylation is 1. The summed E-state index contributed by atoms with van der Waals surface area (Å²) in [6.45, 7) is 3.75. The van der Waals surface area contributed by atoms with Crippen molar-refractivity contribution in [2.24, 2.45) is 23.7 Å². The first kappa shape index (κ1) is 13.6. The Labute approximate surface area is 126 Å². The fourth-order valence-electron chi connectivity index (χ4n) is 4.86. The van der Waals surface area contributed by atoms with Gasteiger partial charge in [0.2, 0.25) is 10.0 Å². The maximum Gasteiger partial charge on any atom is 0.241 e. The number of nitrogen functional groups attached to an aromatic ring is 1.